The maximum atomic E-state index is 14.3. The summed E-state index contributed by atoms with van der Waals surface area (Å²) in [6.07, 6.45) is -0.153. The van der Waals surface area contributed by atoms with Crippen molar-refractivity contribution in [1.82, 2.24) is 0 Å². The molecule has 0 spiro atoms. The summed E-state index contributed by atoms with van der Waals surface area (Å²) in [6.45, 7) is 3.53. The lowest BCUT2D eigenvalue weighted by Gasteiger charge is -2.11. The molecule has 0 aromatic heterocycles. The van der Waals surface area contributed by atoms with Gasteiger partial charge in [0.15, 0.2) is 0 Å². The number of ether oxygens (including phenoxy) is 1. The van der Waals surface area contributed by atoms with Gasteiger partial charge in [0.2, 0.25) is 0 Å². The van der Waals surface area contributed by atoms with E-state index in [1.54, 1.807) is 50.2 Å². The lowest BCUT2D eigenvalue weighted by molar-refractivity contribution is -0.146. The number of hydrogen-bond acceptors (Lipinski definition) is 3. The Morgan fingerprint density at radius 1 is 0.933 bits per heavy atom. The fraction of sp³-hybridized carbons (Fsp3) is 0.167. The van der Waals surface area contributed by atoms with Gasteiger partial charge in [0.25, 0.3) is 5.91 Å². The Balaban J connectivity index is 1.78. The van der Waals surface area contributed by atoms with Crippen molar-refractivity contribution < 1.29 is 23.1 Å². The van der Waals surface area contributed by atoms with Crippen molar-refractivity contribution in [2.24, 2.45) is 0 Å². The zero-order valence-corrected chi connectivity index (χ0v) is 16.6. The molecule has 0 aliphatic heterocycles. The van der Waals surface area contributed by atoms with E-state index in [-0.39, 0.29) is 24.1 Å². The highest BCUT2D eigenvalue weighted by Crippen LogP contribution is 2.24. The summed E-state index contributed by atoms with van der Waals surface area (Å²) in [5.41, 5.74) is 1.97. The van der Waals surface area contributed by atoms with Gasteiger partial charge in [-0.25, -0.2) is 8.78 Å². The van der Waals surface area contributed by atoms with Crippen molar-refractivity contribution >= 4 is 17.6 Å². The van der Waals surface area contributed by atoms with E-state index in [2.05, 4.69) is 5.32 Å². The Morgan fingerprint density at radius 2 is 1.67 bits per heavy atom. The average Bonchev–Trinajstić information content (AvgIpc) is 2.67. The molecule has 0 bridgehead atoms. The van der Waals surface area contributed by atoms with Crippen LogP contribution in [-0.2, 0) is 16.0 Å². The Morgan fingerprint density at radius 3 is 2.40 bits per heavy atom. The largest absolute Gasteiger partial charge is 0.463 e. The molecule has 0 fully saturated rings. The first kappa shape index (κ1) is 21.2. The van der Waals surface area contributed by atoms with Gasteiger partial charge in [0.1, 0.15) is 11.6 Å². The average molecular weight is 409 g/mol. The molecule has 30 heavy (non-hydrogen) atoms. The lowest BCUT2D eigenvalue weighted by Crippen LogP contribution is -2.15. The van der Waals surface area contributed by atoms with Gasteiger partial charge < -0.3 is 10.1 Å². The molecular formula is C24H21F2NO3. The number of nitrogens with one attached hydrogen (secondary N) is 1. The number of hydrogen-bond donors (Lipinski definition) is 1. The third kappa shape index (κ3) is 5.50. The molecule has 0 radical (unpaired) electrons. The summed E-state index contributed by atoms with van der Waals surface area (Å²) in [5.74, 6) is -2.13. The number of carbonyl (C=O) groups is 2. The van der Waals surface area contributed by atoms with Crippen LogP contribution < -0.4 is 5.32 Å². The van der Waals surface area contributed by atoms with Crippen LogP contribution in [-0.4, -0.2) is 18.0 Å². The zero-order valence-electron chi connectivity index (χ0n) is 16.6. The Labute approximate surface area is 173 Å². The van der Waals surface area contributed by atoms with Crippen molar-refractivity contribution in [3.8, 4) is 11.1 Å². The van der Waals surface area contributed by atoms with Gasteiger partial charge in [-0.2, -0.15) is 0 Å². The van der Waals surface area contributed by atoms with Crippen molar-refractivity contribution in [1.29, 1.82) is 0 Å². The Bertz CT molecular complexity index is 1080. The second-order valence-corrected chi connectivity index (χ2v) is 7.07. The maximum Gasteiger partial charge on any atom is 0.310 e. The second-order valence-electron chi connectivity index (χ2n) is 7.07. The van der Waals surface area contributed by atoms with Crippen molar-refractivity contribution in [2.75, 3.05) is 5.32 Å². The van der Waals surface area contributed by atoms with E-state index in [9.17, 15) is 18.4 Å². The van der Waals surface area contributed by atoms with Crippen molar-refractivity contribution in [3.63, 3.8) is 0 Å². The number of amides is 1. The van der Waals surface area contributed by atoms with E-state index in [1.807, 2.05) is 0 Å². The molecule has 3 rings (SSSR count). The number of benzene rings is 3. The highest BCUT2D eigenvalue weighted by Gasteiger charge is 2.15. The number of halogens is 2. The van der Waals surface area contributed by atoms with Crippen LogP contribution in [0, 0.1) is 11.6 Å². The SMILES string of the molecule is CC(C)OC(=O)Cc1cccc(NC(=O)c2cc(-c3cccc(F)c3)ccc2F)c1. The number of anilines is 1. The molecule has 0 atom stereocenters. The van der Waals surface area contributed by atoms with Crippen LogP contribution in [0.5, 0.6) is 0 Å². The van der Waals surface area contributed by atoms with Crippen molar-refractivity contribution in [2.45, 2.75) is 26.4 Å². The summed E-state index contributed by atoms with van der Waals surface area (Å²) < 4.78 is 32.9. The highest BCUT2D eigenvalue weighted by molar-refractivity contribution is 6.05. The zero-order chi connectivity index (χ0) is 21.7. The third-order valence-corrected chi connectivity index (χ3v) is 4.27. The normalized spacial score (nSPS) is 10.7. The minimum Gasteiger partial charge on any atom is -0.463 e. The van der Waals surface area contributed by atoms with Crippen LogP contribution in [0.25, 0.3) is 11.1 Å². The van der Waals surface area contributed by atoms with Crippen LogP contribution in [0.1, 0.15) is 29.8 Å². The molecule has 0 aliphatic carbocycles. The van der Waals surface area contributed by atoms with Gasteiger partial charge in [0, 0.05) is 5.69 Å². The van der Waals surface area contributed by atoms with E-state index in [4.69, 9.17) is 4.74 Å². The monoisotopic (exact) mass is 409 g/mol. The first-order valence-electron chi connectivity index (χ1n) is 9.47. The molecule has 0 saturated heterocycles. The number of carbonyl (C=O) groups excluding carboxylic acids is 2. The van der Waals surface area contributed by atoms with Crippen molar-refractivity contribution in [3.05, 3.63) is 89.5 Å². The van der Waals surface area contributed by atoms with Crippen LogP contribution in [0.3, 0.4) is 0 Å². The lowest BCUT2D eigenvalue weighted by atomic mass is 10.0. The summed E-state index contributed by atoms with van der Waals surface area (Å²) in [7, 11) is 0. The van der Waals surface area contributed by atoms with E-state index < -0.39 is 17.5 Å². The van der Waals surface area contributed by atoms with Crippen LogP contribution >= 0.6 is 0 Å². The van der Waals surface area contributed by atoms with Gasteiger partial charge in [-0.05, 0) is 66.9 Å². The fourth-order valence-corrected chi connectivity index (χ4v) is 2.98. The van der Waals surface area contributed by atoms with Gasteiger partial charge in [-0.1, -0.05) is 30.3 Å². The Hall–Kier alpha value is -3.54. The molecule has 6 heteroatoms. The highest BCUT2D eigenvalue weighted by atomic mass is 19.1. The molecule has 3 aromatic rings. The molecule has 4 nitrogen and oxygen atoms in total. The number of esters is 1. The summed E-state index contributed by atoms with van der Waals surface area (Å²) in [5, 5.41) is 2.64. The minimum atomic E-state index is -0.690. The van der Waals surface area contributed by atoms with Crippen LogP contribution in [0.15, 0.2) is 66.7 Å². The molecule has 1 amide bonds. The summed E-state index contributed by atoms with van der Waals surface area (Å²) >= 11 is 0. The first-order valence-corrected chi connectivity index (χ1v) is 9.47. The van der Waals surface area contributed by atoms with Crippen LogP contribution in [0.4, 0.5) is 14.5 Å². The van der Waals surface area contributed by atoms with Gasteiger partial charge >= 0.3 is 5.97 Å². The molecule has 1 N–H and O–H groups in total. The van der Waals surface area contributed by atoms with Gasteiger partial charge in [0.05, 0.1) is 18.1 Å². The smallest absolute Gasteiger partial charge is 0.310 e. The molecule has 154 valence electrons. The quantitative estimate of drug-likeness (QED) is 0.556. The Kier molecular flexibility index (Phi) is 6.57. The molecule has 0 aliphatic rings. The predicted molar refractivity (Wildman–Crippen MR) is 111 cm³/mol. The minimum absolute atomic E-state index is 0.0608. The standard InChI is InChI=1S/C24H21F2NO3/c1-15(2)30-23(28)12-16-5-3-8-20(11-16)27-24(29)21-14-18(9-10-22(21)26)17-6-4-7-19(25)13-17/h3-11,13-15H,12H2,1-2H3,(H,27,29). The van der Waals surface area contributed by atoms with E-state index in [1.165, 1.54) is 30.3 Å². The molecule has 0 unspecified atom stereocenters. The molecule has 0 saturated carbocycles. The summed E-state index contributed by atoms with van der Waals surface area (Å²) in [6, 6.07) is 16.6. The number of rotatable bonds is 6. The van der Waals surface area contributed by atoms with E-state index in [0.29, 0.717) is 22.4 Å². The second kappa shape index (κ2) is 9.31. The predicted octanol–water partition coefficient (Wildman–Crippen LogP) is 5.38. The molecule has 0 heterocycles. The topological polar surface area (TPSA) is 55.4 Å². The molecule has 3 aromatic carbocycles. The van der Waals surface area contributed by atoms with Gasteiger partial charge in [-0.15, -0.1) is 0 Å². The van der Waals surface area contributed by atoms with E-state index >= 15 is 0 Å². The fourth-order valence-electron chi connectivity index (χ4n) is 2.98. The summed E-state index contributed by atoms with van der Waals surface area (Å²) in [4.78, 5) is 24.5. The van der Waals surface area contributed by atoms with Crippen LogP contribution in [0.2, 0.25) is 0 Å². The molecular weight excluding hydrogens is 388 g/mol. The van der Waals surface area contributed by atoms with E-state index in [0.717, 1.165) is 0 Å². The maximum absolute atomic E-state index is 14.3. The first-order chi connectivity index (χ1) is 14.3. The third-order valence-electron chi connectivity index (χ3n) is 4.27. The van der Waals surface area contributed by atoms with Gasteiger partial charge in [-0.3, -0.25) is 9.59 Å².